The van der Waals surface area contributed by atoms with Crippen LogP contribution in [0.3, 0.4) is 0 Å². The Morgan fingerprint density at radius 1 is 0.973 bits per heavy atom. The lowest BCUT2D eigenvalue weighted by molar-refractivity contribution is -0.117. The molecule has 0 aliphatic heterocycles. The first-order valence-electron chi connectivity index (χ1n) is 11.0. The van der Waals surface area contributed by atoms with Gasteiger partial charge in [0.1, 0.15) is 6.54 Å². The number of aromatic hydroxyl groups is 1. The van der Waals surface area contributed by atoms with Crippen molar-refractivity contribution >= 4 is 51.6 Å². The third-order valence-corrected chi connectivity index (χ3v) is 6.29. The predicted octanol–water partition coefficient (Wildman–Crippen LogP) is 5.76. The number of nitrogens with zero attached hydrogens (tertiary/aromatic N) is 3. The lowest BCUT2D eigenvalue weighted by atomic mass is 10.2. The second kappa shape index (κ2) is 11.3. The van der Waals surface area contributed by atoms with E-state index >= 15 is 0 Å². The first-order valence-corrected chi connectivity index (χ1v) is 11.8. The Hall–Kier alpha value is -4.08. The van der Waals surface area contributed by atoms with Crippen molar-refractivity contribution in [1.82, 2.24) is 9.88 Å². The molecular formula is C26H22Cl2N4O5. The number of halogens is 2. The first-order chi connectivity index (χ1) is 17.8. The molecule has 0 radical (unpaired) electrons. The maximum atomic E-state index is 12.4. The van der Waals surface area contributed by atoms with Gasteiger partial charge in [-0.2, -0.15) is 0 Å². The molecule has 9 nitrogen and oxygen atoms in total. The number of methoxy groups -OCH3 is 2. The van der Waals surface area contributed by atoms with Crippen LogP contribution >= 0.6 is 23.2 Å². The molecule has 37 heavy (non-hydrogen) atoms. The summed E-state index contributed by atoms with van der Waals surface area (Å²) in [6, 6.07) is 17.0. The number of carbonyl (C=O) groups excluding carboxylic acids is 2. The summed E-state index contributed by atoms with van der Waals surface area (Å²) in [5.41, 5.74) is 1.91. The summed E-state index contributed by atoms with van der Waals surface area (Å²) in [6.45, 7) is -0.104. The molecule has 0 fully saturated rings. The molecule has 2 N–H and O–H groups in total. The van der Waals surface area contributed by atoms with E-state index in [9.17, 15) is 14.7 Å². The first kappa shape index (κ1) is 26.0. The largest absolute Gasteiger partial charge is 0.493 e. The SMILES string of the molecule is COc1ccc(C(=O)NCC(=O)N=Nc2c(O)n(Cc3ccc(Cl)c(Cl)c3)c3ccccc23)cc1OC. The number of azo groups is 1. The van der Waals surface area contributed by atoms with E-state index in [1.54, 1.807) is 47.0 Å². The highest BCUT2D eigenvalue weighted by atomic mass is 35.5. The number of hydrogen-bond donors (Lipinski definition) is 2. The van der Waals surface area contributed by atoms with Crippen LogP contribution in [0.1, 0.15) is 15.9 Å². The zero-order chi connectivity index (χ0) is 26.5. The lowest BCUT2D eigenvalue weighted by Gasteiger charge is -2.09. The highest BCUT2D eigenvalue weighted by Crippen LogP contribution is 2.39. The van der Waals surface area contributed by atoms with E-state index in [1.165, 1.54) is 20.3 Å². The van der Waals surface area contributed by atoms with Crippen LogP contribution in [0.4, 0.5) is 5.69 Å². The van der Waals surface area contributed by atoms with Gasteiger partial charge in [-0.25, -0.2) is 0 Å². The van der Waals surface area contributed by atoms with Crippen molar-refractivity contribution in [3.8, 4) is 17.4 Å². The van der Waals surface area contributed by atoms with Crippen LogP contribution in [0, 0.1) is 0 Å². The van der Waals surface area contributed by atoms with Crippen LogP contribution in [0.2, 0.25) is 10.0 Å². The Morgan fingerprint density at radius 3 is 2.46 bits per heavy atom. The number of nitrogens with one attached hydrogen (secondary N) is 1. The van der Waals surface area contributed by atoms with Gasteiger partial charge in [0.2, 0.25) is 5.88 Å². The number of ether oxygens (including phenoxy) is 2. The third-order valence-electron chi connectivity index (χ3n) is 5.55. The van der Waals surface area contributed by atoms with Crippen LogP contribution in [0.5, 0.6) is 17.4 Å². The van der Waals surface area contributed by atoms with Gasteiger partial charge in [0.15, 0.2) is 17.2 Å². The zero-order valence-corrected chi connectivity index (χ0v) is 21.4. The van der Waals surface area contributed by atoms with E-state index in [-0.39, 0.29) is 30.2 Å². The fraction of sp³-hybridized carbons (Fsp3) is 0.154. The smallest absolute Gasteiger partial charge is 0.283 e. The minimum Gasteiger partial charge on any atom is -0.493 e. The van der Waals surface area contributed by atoms with E-state index < -0.39 is 11.8 Å². The topological polar surface area (TPSA) is 115 Å². The van der Waals surface area contributed by atoms with Crippen molar-refractivity contribution in [3.05, 3.63) is 81.8 Å². The normalized spacial score (nSPS) is 11.1. The van der Waals surface area contributed by atoms with Crippen molar-refractivity contribution in [2.75, 3.05) is 20.8 Å². The highest BCUT2D eigenvalue weighted by molar-refractivity contribution is 6.42. The molecule has 1 heterocycles. The molecular weight excluding hydrogens is 519 g/mol. The number of fused-ring (bicyclic) bond motifs is 1. The molecule has 11 heteroatoms. The number of benzene rings is 3. The molecule has 0 spiro atoms. The van der Waals surface area contributed by atoms with Gasteiger partial charge < -0.3 is 24.5 Å². The van der Waals surface area contributed by atoms with Crippen LogP contribution < -0.4 is 14.8 Å². The number of carbonyl (C=O) groups is 2. The fourth-order valence-corrected chi connectivity index (χ4v) is 4.05. The average molecular weight is 541 g/mol. The highest BCUT2D eigenvalue weighted by Gasteiger charge is 2.18. The van der Waals surface area contributed by atoms with Gasteiger partial charge >= 0.3 is 0 Å². The van der Waals surface area contributed by atoms with Crippen LogP contribution in [0.25, 0.3) is 10.9 Å². The molecule has 4 rings (SSSR count). The second-order valence-corrected chi connectivity index (χ2v) is 8.68. The van der Waals surface area contributed by atoms with Gasteiger partial charge in [0.05, 0.1) is 36.3 Å². The Bertz CT molecular complexity index is 1520. The predicted molar refractivity (Wildman–Crippen MR) is 141 cm³/mol. The summed E-state index contributed by atoms with van der Waals surface area (Å²) < 4.78 is 12.0. The molecule has 0 atom stereocenters. The average Bonchev–Trinajstić information content (AvgIpc) is 3.17. The molecule has 0 unspecified atom stereocenters. The summed E-state index contributed by atoms with van der Waals surface area (Å²) in [6.07, 6.45) is 0. The van der Waals surface area contributed by atoms with Gasteiger partial charge in [0, 0.05) is 10.9 Å². The maximum Gasteiger partial charge on any atom is 0.283 e. The number of para-hydroxylation sites is 1. The summed E-state index contributed by atoms with van der Waals surface area (Å²) in [5.74, 6) is -0.505. The van der Waals surface area contributed by atoms with Crippen molar-refractivity contribution in [1.29, 1.82) is 0 Å². The van der Waals surface area contributed by atoms with Crippen LogP contribution in [-0.4, -0.2) is 42.3 Å². The number of aromatic nitrogens is 1. The minimum atomic E-state index is -0.699. The Balaban J connectivity index is 1.50. The number of hydrogen-bond acceptors (Lipinski definition) is 6. The van der Waals surface area contributed by atoms with Crippen molar-refractivity contribution in [2.45, 2.75) is 6.54 Å². The summed E-state index contributed by atoms with van der Waals surface area (Å²) >= 11 is 12.1. The van der Waals surface area contributed by atoms with Gasteiger partial charge in [-0.1, -0.05) is 47.5 Å². The Labute approximate surface area is 222 Å². The Morgan fingerprint density at radius 2 is 1.73 bits per heavy atom. The molecule has 0 saturated heterocycles. The number of rotatable bonds is 8. The quantitative estimate of drug-likeness (QED) is 0.276. The standard InChI is InChI=1S/C26H22Cl2N4O5/c1-36-21-10-8-16(12-22(21)37-2)25(34)29-13-23(33)30-31-24-17-5-3-4-6-20(17)32(26(24)35)14-15-7-9-18(27)19(28)11-15/h3-12,35H,13-14H2,1-2H3,(H,29,34). The van der Waals surface area contributed by atoms with E-state index in [0.717, 1.165) is 5.56 Å². The van der Waals surface area contributed by atoms with Crippen molar-refractivity contribution in [2.24, 2.45) is 10.2 Å². The monoisotopic (exact) mass is 540 g/mol. The summed E-state index contributed by atoms with van der Waals surface area (Å²) in [5, 5.41) is 22.5. The molecule has 1 aromatic heterocycles. The molecule has 0 bridgehead atoms. The van der Waals surface area contributed by atoms with Crippen molar-refractivity contribution in [3.63, 3.8) is 0 Å². The van der Waals surface area contributed by atoms with Gasteiger partial charge in [-0.05, 0) is 42.0 Å². The van der Waals surface area contributed by atoms with Crippen LogP contribution in [0.15, 0.2) is 70.9 Å². The summed E-state index contributed by atoms with van der Waals surface area (Å²) in [7, 11) is 2.95. The molecule has 0 saturated carbocycles. The molecule has 190 valence electrons. The summed E-state index contributed by atoms with van der Waals surface area (Å²) in [4.78, 5) is 24.8. The molecule has 3 aromatic carbocycles. The van der Waals surface area contributed by atoms with Crippen molar-refractivity contribution < 1.29 is 24.2 Å². The van der Waals surface area contributed by atoms with Gasteiger partial charge in [-0.15, -0.1) is 10.2 Å². The van der Waals surface area contributed by atoms with E-state index in [4.69, 9.17) is 32.7 Å². The van der Waals surface area contributed by atoms with E-state index in [2.05, 4.69) is 15.5 Å². The molecule has 2 amide bonds. The molecule has 0 aliphatic carbocycles. The van der Waals surface area contributed by atoms with Crippen LogP contribution in [-0.2, 0) is 11.3 Å². The minimum absolute atomic E-state index is 0.134. The van der Waals surface area contributed by atoms with E-state index in [1.807, 2.05) is 12.1 Å². The lowest BCUT2D eigenvalue weighted by Crippen LogP contribution is -2.28. The zero-order valence-electron chi connectivity index (χ0n) is 19.9. The second-order valence-electron chi connectivity index (χ2n) is 7.87. The molecule has 4 aromatic rings. The molecule has 0 aliphatic rings. The maximum absolute atomic E-state index is 12.4. The van der Waals surface area contributed by atoms with Gasteiger partial charge in [-0.3, -0.25) is 9.59 Å². The Kier molecular flexibility index (Phi) is 7.95. The van der Waals surface area contributed by atoms with Gasteiger partial charge in [0.25, 0.3) is 11.8 Å². The third kappa shape index (κ3) is 5.68. The number of amides is 2. The fourth-order valence-electron chi connectivity index (χ4n) is 3.73. The van der Waals surface area contributed by atoms with E-state index in [0.29, 0.717) is 32.4 Å².